The Kier molecular flexibility index (Phi) is 5.15. The number of amides is 2. The van der Waals surface area contributed by atoms with Gasteiger partial charge in [-0.25, -0.2) is 0 Å². The minimum Gasteiger partial charge on any atom is -0.342 e. The molecule has 0 unspecified atom stereocenters. The van der Waals surface area contributed by atoms with Crippen molar-refractivity contribution in [1.29, 1.82) is 0 Å². The second-order valence-corrected chi connectivity index (χ2v) is 8.44. The molecular formula is C23H25ClN2O2. The molecule has 0 aliphatic carbocycles. The average Bonchev–Trinajstić information content (AvgIpc) is 3.22. The standard InChI is InChI=1S/C23H25ClN2O2/c1-15-5-3-4-6-20(15)23-21-14-25(12-18(21)13-26(23)16(2)27)22(28)11-17-7-9-19(24)10-8-17/h3-10,18,21,23H,11-14H2,1-2H3/t18-,21-,23+/m1/s1. The second kappa shape index (κ2) is 7.59. The van der Waals surface area contributed by atoms with Crippen LogP contribution in [0.15, 0.2) is 48.5 Å². The molecule has 2 heterocycles. The van der Waals surface area contributed by atoms with Gasteiger partial charge in [0.2, 0.25) is 11.8 Å². The molecule has 2 amide bonds. The third-order valence-electron chi connectivity index (χ3n) is 6.20. The third-order valence-corrected chi connectivity index (χ3v) is 6.45. The van der Waals surface area contributed by atoms with Gasteiger partial charge in [0.05, 0.1) is 12.5 Å². The van der Waals surface area contributed by atoms with E-state index in [-0.39, 0.29) is 17.9 Å². The Morgan fingerprint density at radius 3 is 2.43 bits per heavy atom. The lowest BCUT2D eigenvalue weighted by molar-refractivity contribution is -0.131. The number of carbonyl (C=O) groups excluding carboxylic acids is 2. The molecule has 0 spiro atoms. The third kappa shape index (κ3) is 3.53. The molecule has 2 aromatic rings. The van der Waals surface area contributed by atoms with E-state index >= 15 is 0 Å². The highest BCUT2D eigenvalue weighted by Crippen LogP contribution is 2.45. The summed E-state index contributed by atoms with van der Waals surface area (Å²) >= 11 is 5.94. The van der Waals surface area contributed by atoms with Crippen molar-refractivity contribution < 1.29 is 9.59 Å². The van der Waals surface area contributed by atoms with Crippen LogP contribution in [-0.4, -0.2) is 41.2 Å². The molecule has 4 rings (SSSR count). The van der Waals surface area contributed by atoms with Crippen LogP contribution in [0.1, 0.15) is 29.7 Å². The van der Waals surface area contributed by atoms with E-state index < -0.39 is 0 Å². The van der Waals surface area contributed by atoms with Crippen molar-refractivity contribution in [3.8, 4) is 0 Å². The highest BCUT2D eigenvalue weighted by atomic mass is 35.5. The van der Waals surface area contributed by atoms with Gasteiger partial charge in [-0.15, -0.1) is 0 Å². The van der Waals surface area contributed by atoms with Crippen molar-refractivity contribution in [2.45, 2.75) is 26.3 Å². The first kappa shape index (κ1) is 19.0. The van der Waals surface area contributed by atoms with Crippen LogP contribution in [-0.2, 0) is 16.0 Å². The number of rotatable bonds is 3. The van der Waals surface area contributed by atoms with Crippen molar-refractivity contribution in [1.82, 2.24) is 9.80 Å². The maximum atomic E-state index is 12.9. The predicted octanol–water partition coefficient (Wildman–Crippen LogP) is 3.87. The van der Waals surface area contributed by atoms with Crippen molar-refractivity contribution in [2.75, 3.05) is 19.6 Å². The maximum Gasteiger partial charge on any atom is 0.227 e. The normalized spacial score (nSPS) is 23.8. The zero-order valence-electron chi connectivity index (χ0n) is 16.3. The van der Waals surface area contributed by atoms with E-state index in [0.717, 1.165) is 18.7 Å². The van der Waals surface area contributed by atoms with Crippen LogP contribution in [0.3, 0.4) is 0 Å². The topological polar surface area (TPSA) is 40.6 Å². The van der Waals surface area contributed by atoms with Gasteiger partial charge in [0.1, 0.15) is 0 Å². The van der Waals surface area contributed by atoms with Crippen molar-refractivity contribution in [3.05, 3.63) is 70.2 Å². The molecule has 0 bridgehead atoms. The van der Waals surface area contributed by atoms with E-state index in [1.54, 1.807) is 6.92 Å². The Morgan fingerprint density at radius 1 is 1.04 bits per heavy atom. The molecule has 5 heteroatoms. The largest absolute Gasteiger partial charge is 0.342 e. The van der Waals surface area contributed by atoms with Gasteiger partial charge in [-0.2, -0.15) is 0 Å². The van der Waals surface area contributed by atoms with E-state index in [1.165, 1.54) is 11.1 Å². The highest BCUT2D eigenvalue weighted by Gasteiger charge is 2.49. The van der Waals surface area contributed by atoms with Crippen LogP contribution < -0.4 is 0 Å². The Labute approximate surface area is 171 Å². The van der Waals surface area contributed by atoms with Gasteiger partial charge in [-0.3, -0.25) is 9.59 Å². The number of hydrogen-bond donors (Lipinski definition) is 0. The maximum absolute atomic E-state index is 12.9. The lowest BCUT2D eigenvalue weighted by Gasteiger charge is -2.30. The lowest BCUT2D eigenvalue weighted by atomic mass is 9.87. The lowest BCUT2D eigenvalue weighted by Crippen LogP contribution is -2.37. The molecule has 3 atom stereocenters. The number of carbonyl (C=O) groups is 2. The number of halogens is 1. The first-order valence-electron chi connectivity index (χ1n) is 9.79. The molecular weight excluding hydrogens is 372 g/mol. The minimum atomic E-state index is 0.0528. The predicted molar refractivity (Wildman–Crippen MR) is 110 cm³/mol. The Morgan fingerprint density at radius 2 is 1.75 bits per heavy atom. The molecule has 0 aromatic heterocycles. The Hall–Kier alpha value is -2.33. The van der Waals surface area contributed by atoms with Gasteiger partial charge in [-0.05, 0) is 35.7 Å². The minimum absolute atomic E-state index is 0.0528. The number of aryl methyl sites for hydroxylation is 1. The molecule has 2 fully saturated rings. The molecule has 0 radical (unpaired) electrons. The highest BCUT2D eigenvalue weighted by molar-refractivity contribution is 6.30. The van der Waals surface area contributed by atoms with Crippen molar-refractivity contribution in [2.24, 2.45) is 11.8 Å². The van der Waals surface area contributed by atoms with Crippen LogP contribution in [0.2, 0.25) is 5.02 Å². The molecule has 2 saturated heterocycles. The molecule has 28 heavy (non-hydrogen) atoms. The Balaban J connectivity index is 1.53. The van der Waals surface area contributed by atoms with Gasteiger partial charge in [-0.1, -0.05) is 48.0 Å². The summed E-state index contributed by atoms with van der Waals surface area (Å²) in [6.07, 6.45) is 0.391. The number of likely N-dealkylation sites (tertiary alicyclic amines) is 2. The number of fused-ring (bicyclic) bond motifs is 1. The summed E-state index contributed by atoms with van der Waals surface area (Å²) in [7, 11) is 0. The van der Waals surface area contributed by atoms with Crippen LogP contribution in [0.25, 0.3) is 0 Å². The summed E-state index contributed by atoms with van der Waals surface area (Å²) in [5.74, 6) is 0.887. The van der Waals surface area contributed by atoms with E-state index in [4.69, 9.17) is 11.6 Å². The molecule has 0 N–H and O–H groups in total. The summed E-state index contributed by atoms with van der Waals surface area (Å²) in [5.41, 5.74) is 3.38. The van der Waals surface area contributed by atoms with E-state index in [2.05, 4.69) is 19.1 Å². The fourth-order valence-electron chi connectivity index (χ4n) is 4.78. The summed E-state index contributed by atoms with van der Waals surface area (Å²) in [6, 6.07) is 15.8. The van der Waals surface area contributed by atoms with Crippen molar-refractivity contribution in [3.63, 3.8) is 0 Å². The van der Waals surface area contributed by atoms with E-state index in [0.29, 0.717) is 29.8 Å². The monoisotopic (exact) mass is 396 g/mol. The summed E-state index contributed by atoms with van der Waals surface area (Å²) in [5, 5.41) is 0.678. The van der Waals surface area contributed by atoms with Gasteiger partial charge >= 0.3 is 0 Å². The summed E-state index contributed by atoms with van der Waals surface area (Å²) < 4.78 is 0. The number of benzene rings is 2. The molecule has 4 nitrogen and oxygen atoms in total. The van der Waals surface area contributed by atoms with E-state index in [9.17, 15) is 9.59 Å². The van der Waals surface area contributed by atoms with Crippen molar-refractivity contribution >= 4 is 23.4 Å². The summed E-state index contributed by atoms with van der Waals surface area (Å²) in [6.45, 7) is 5.90. The van der Waals surface area contributed by atoms with Gasteiger partial charge in [0, 0.05) is 43.4 Å². The molecule has 146 valence electrons. The quantitative estimate of drug-likeness (QED) is 0.790. The fourth-order valence-corrected chi connectivity index (χ4v) is 4.90. The summed E-state index contributed by atoms with van der Waals surface area (Å²) in [4.78, 5) is 29.1. The Bertz CT molecular complexity index is 896. The first-order chi connectivity index (χ1) is 13.4. The van der Waals surface area contributed by atoms with Gasteiger partial charge in [0.25, 0.3) is 0 Å². The van der Waals surface area contributed by atoms with Gasteiger partial charge < -0.3 is 9.80 Å². The van der Waals surface area contributed by atoms with Gasteiger partial charge in [0.15, 0.2) is 0 Å². The van der Waals surface area contributed by atoms with Crippen LogP contribution >= 0.6 is 11.6 Å². The molecule has 2 aliphatic heterocycles. The number of nitrogens with zero attached hydrogens (tertiary/aromatic N) is 2. The molecule has 0 saturated carbocycles. The zero-order chi connectivity index (χ0) is 19.8. The van der Waals surface area contributed by atoms with E-state index in [1.807, 2.05) is 46.2 Å². The zero-order valence-corrected chi connectivity index (χ0v) is 17.0. The molecule has 2 aliphatic rings. The molecule has 2 aromatic carbocycles. The van der Waals surface area contributed by atoms with Crippen LogP contribution in [0, 0.1) is 18.8 Å². The van der Waals surface area contributed by atoms with Crippen LogP contribution in [0.5, 0.6) is 0 Å². The smallest absolute Gasteiger partial charge is 0.227 e. The van der Waals surface area contributed by atoms with Crippen LogP contribution in [0.4, 0.5) is 0 Å². The first-order valence-corrected chi connectivity index (χ1v) is 10.2. The second-order valence-electron chi connectivity index (χ2n) is 8.00. The number of hydrogen-bond acceptors (Lipinski definition) is 2. The SMILES string of the molecule is CC(=O)N1C[C@H]2CN(C(=O)Cc3ccc(Cl)cc3)C[C@H]2[C@@H]1c1ccccc1C. The fraction of sp³-hybridized carbons (Fsp3) is 0.391. The average molecular weight is 397 g/mol.